The summed E-state index contributed by atoms with van der Waals surface area (Å²) in [7, 11) is 0. The third-order valence-electron chi connectivity index (χ3n) is 4.34. The summed E-state index contributed by atoms with van der Waals surface area (Å²) >= 11 is 1.06. The van der Waals surface area contributed by atoms with Crippen molar-refractivity contribution >= 4 is 34.8 Å². The number of hydrogen-bond donors (Lipinski definition) is 1. The van der Waals surface area contributed by atoms with Crippen LogP contribution >= 0.6 is 11.8 Å². The van der Waals surface area contributed by atoms with Gasteiger partial charge in [-0.1, -0.05) is 18.2 Å². The fourth-order valence-corrected chi connectivity index (χ4v) is 3.66. The Labute approximate surface area is 159 Å². The number of hydrogen-bond acceptors (Lipinski definition) is 4. The summed E-state index contributed by atoms with van der Waals surface area (Å²) in [4.78, 5) is 26.9. The molecule has 0 unspecified atom stereocenters. The third-order valence-corrected chi connectivity index (χ3v) is 5.39. The maximum Gasteiger partial charge on any atom is 0.272 e. The van der Waals surface area contributed by atoms with Crippen LogP contribution in [0.2, 0.25) is 0 Å². The number of aryl methyl sites for hydroxylation is 2. The third kappa shape index (κ3) is 3.52. The topological polar surface area (TPSA) is 57.6 Å². The van der Waals surface area contributed by atoms with E-state index in [1.807, 2.05) is 26.0 Å². The van der Waals surface area contributed by atoms with Gasteiger partial charge in [0.05, 0.1) is 22.8 Å². The highest BCUT2D eigenvalue weighted by Crippen LogP contribution is 2.39. The van der Waals surface area contributed by atoms with Crippen molar-refractivity contribution < 1.29 is 23.5 Å². The molecule has 2 aromatic carbocycles. The molecule has 1 heterocycles. The number of thioether (sulfide) groups is 1. The molecule has 0 bridgehead atoms. The van der Waals surface area contributed by atoms with E-state index in [1.54, 1.807) is 6.07 Å². The quantitative estimate of drug-likeness (QED) is 0.794. The van der Waals surface area contributed by atoms with Gasteiger partial charge in [-0.25, -0.2) is 13.7 Å². The summed E-state index contributed by atoms with van der Waals surface area (Å²) < 4.78 is 26.9. The average molecular weight is 389 g/mol. The maximum atomic E-state index is 13.6. The molecule has 4 nitrogen and oxygen atoms in total. The Kier molecular flexibility index (Phi) is 5.43. The van der Waals surface area contributed by atoms with Gasteiger partial charge in [-0.15, -0.1) is 11.8 Å². The second-order valence-corrected chi connectivity index (χ2v) is 7.22. The highest BCUT2D eigenvalue weighted by Gasteiger charge is 2.40. The first kappa shape index (κ1) is 19.3. The Morgan fingerprint density at radius 1 is 0.963 bits per heavy atom. The van der Waals surface area contributed by atoms with E-state index in [0.29, 0.717) is 5.56 Å². The smallest absolute Gasteiger partial charge is 0.272 e. The fourth-order valence-electron chi connectivity index (χ4n) is 2.80. The second kappa shape index (κ2) is 7.62. The van der Waals surface area contributed by atoms with Gasteiger partial charge in [0, 0.05) is 11.8 Å². The lowest BCUT2D eigenvalue weighted by Crippen LogP contribution is -2.31. The van der Waals surface area contributed by atoms with E-state index in [1.165, 1.54) is 6.07 Å². The minimum Gasteiger partial charge on any atom is -0.396 e. The van der Waals surface area contributed by atoms with E-state index >= 15 is 0 Å². The monoisotopic (exact) mass is 389 g/mol. The van der Waals surface area contributed by atoms with Crippen LogP contribution in [0.1, 0.15) is 16.7 Å². The van der Waals surface area contributed by atoms with Gasteiger partial charge in [-0.2, -0.15) is 0 Å². The van der Waals surface area contributed by atoms with E-state index in [9.17, 15) is 18.4 Å². The Balaban J connectivity index is 2.10. The van der Waals surface area contributed by atoms with Crippen LogP contribution in [0.4, 0.5) is 14.5 Å². The molecule has 0 saturated heterocycles. The van der Waals surface area contributed by atoms with Crippen molar-refractivity contribution in [2.75, 3.05) is 17.3 Å². The van der Waals surface area contributed by atoms with Crippen LogP contribution in [0.25, 0.3) is 5.57 Å². The lowest BCUT2D eigenvalue weighted by Gasteiger charge is -2.15. The summed E-state index contributed by atoms with van der Waals surface area (Å²) in [6.45, 7) is 3.67. The van der Waals surface area contributed by atoms with Crippen molar-refractivity contribution in [2.24, 2.45) is 0 Å². The van der Waals surface area contributed by atoms with Crippen LogP contribution in [0.15, 0.2) is 41.3 Å². The summed E-state index contributed by atoms with van der Waals surface area (Å²) in [6.07, 6.45) is 0. The zero-order chi connectivity index (χ0) is 19.7. The number of imide groups is 1. The summed E-state index contributed by atoms with van der Waals surface area (Å²) in [5.41, 5.74) is 2.73. The Morgan fingerprint density at radius 2 is 1.70 bits per heavy atom. The predicted octanol–water partition coefficient (Wildman–Crippen LogP) is 3.59. The summed E-state index contributed by atoms with van der Waals surface area (Å²) in [6, 6.07) is 8.29. The molecular formula is C20H17F2NO3S. The molecule has 27 heavy (non-hydrogen) atoms. The minimum atomic E-state index is -1.14. The normalized spacial score (nSPS) is 14.5. The van der Waals surface area contributed by atoms with Crippen LogP contribution in [0, 0.1) is 25.5 Å². The van der Waals surface area contributed by atoms with Crippen molar-refractivity contribution in [1.29, 1.82) is 0 Å². The van der Waals surface area contributed by atoms with Gasteiger partial charge in [-0.05, 0) is 42.7 Å². The van der Waals surface area contributed by atoms with Gasteiger partial charge in [0.25, 0.3) is 11.8 Å². The molecule has 0 fully saturated rings. The number of amides is 2. The molecule has 2 aromatic rings. The molecule has 0 radical (unpaired) electrons. The van der Waals surface area contributed by atoms with Gasteiger partial charge in [0.2, 0.25) is 0 Å². The van der Waals surface area contributed by atoms with Crippen LogP contribution in [-0.4, -0.2) is 29.3 Å². The van der Waals surface area contributed by atoms with E-state index in [4.69, 9.17) is 5.11 Å². The SMILES string of the molecule is Cc1ccc(C2=C(SCCO)C(=O)N(c3ccc(F)c(F)c3)C2=O)cc1C. The lowest BCUT2D eigenvalue weighted by atomic mass is 10.0. The minimum absolute atomic E-state index is 0.0372. The van der Waals surface area contributed by atoms with E-state index in [0.717, 1.165) is 39.9 Å². The first-order chi connectivity index (χ1) is 12.8. The van der Waals surface area contributed by atoms with Crippen molar-refractivity contribution in [3.8, 4) is 0 Å². The number of nitrogens with zero attached hydrogens (tertiary/aromatic N) is 1. The maximum absolute atomic E-state index is 13.6. The van der Waals surface area contributed by atoms with Crippen LogP contribution in [0.3, 0.4) is 0 Å². The fraction of sp³-hybridized carbons (Fsp3) is 0.200. The Morgan fingerprint density at radius 3 is 2.33 bits per heavy atom. The molecular weight excluding hydrogens is 372 g/mol. The van der Waals surface area contributed by atoms with E-state index in [-0.39, 0.29) is 28.5 Å². The number of aliphatic hydroxyl groups excluding tert-OH is 1. The van der Waals surface area contributed by atoms with Crippen molar-refractivity contribution in [3.63, 3.8) is 0 Å². The number of aliphatic hydroxyl groups is 1. The molecule has 0 saturated carbocycles. The van der Waals surface area contributed by atoms with E-state index < -0.39 is 23.4 Å². The number of carbonyl (C=O) groups is 2. The second-order valence-electron chi connectivity index (χ2n) is 6.12. The van der Waals surface area contributed by atoms with Gasteiger partial charge in [-0.3, -0.25) is 9.59 Å². The zero-order valence-corrected chi connectivity index (χ0v) is 15.6. The van der Waals surface area contributed by atoms with Crippen LogP contribution < -0.4 is 4.90 Å². The van der Waals surface area contributed by atoms with Gasteiger partial charge < -0.3 is 5.11 Å². The Hall–Kier alpha value is -2.51. The standard InChI is InChI=1S/C20H17F2NO3S/c1-11-3-4-13(9-12(11)2)17-18(27-8-7-24)20(26)23(19(17)25)14-5-6-15(21)16(22)10-14/h3-6,9-10,24H,7-8H2,1-2H3. The highest BCUT2D eigenvalue weighted by molar-refractivity contribution is 8.04. The molecule has 0 spiro atoms. The molecule has 140 valence electrons. The molecule has 0 aliphatic carbocycles. The first-order valence-corrected chi connectivity index (χ1v) is 9.23. The molecule has 3 rings (SSSR count). The number of benzene rings is 2. The molecule has 7 heteroatoms. The Bertz CT molecular complexity index is 972. The largest absolute Gasteiger partial charge is 0.396 e. The van der Waals surface area contributed by atoms with Crippen LogP contribution in [0.5, 0.6) is 0 Å². The van der Waals surface area contributed by atoms with Gasteiger partial charge >= 0.3 is 0 Å². The molecule has 1 N–H and O–H groups in total. The van der Waals surface area contributed by atoms with Gasteiger partial charge in [0.1, 0.15) is 0 Å². The lowest BCUT2D eigenvalue weighted by molar-refractivity contribution is -0.119. The molecule has 2 amide bonds. The van der Waals surface area contributed by atoms with E-state index in [2.05, 4.69) is 0 Å². The number of halogens is 2. The predicted molar refractivity (Wildman–Crippen MR) is 101 cm³/mol. The first-order valence-electron chi connectivity index (χ1n) is 8.24. The molecule has 1 aliphatic rings. The zero-order valence-electron chi connectivity index (χ0n) is 14.8. The summed E-state index contributed by atoms with van der Waals surface area (Å²) in [5.74, 6) is -3.19. The number of anilines is 1. The van der Waals surface area contributed by atoms with Crippen molar-refractivity contribution in [2.45, 2.75) is 13.8 Å². The number of carbonyl (C=O) groups excluding carboxylic acids is 2. The van der Waals surface area contributed by atoms with Crippen LogP contribution in [-0.2, 0) is 9.59 Å². The van der Waals surface area contributed by atoms with Crippen molar-refractivity contribution in [3.05, 3.63) is 69.6 Å². The molecule has 0 atom stereocenters. The summed E-state index contributed by atoms with van der Waals surface area (Å²) in [5, 5.41) is 9.12. The highest BCUT2D eigenvalue weighted by atomic mass is 32.2. The van der Waals surface area contributed by atoms with Crippen molar-refractivity contribution in [1.82, 2.24) is 0 Å². The average Bonchev–Trinajstić information content (AvgIpc) is 2.88. The van der Waals surface area contributed by atoms with Gasteiger partial charge in [0.15, 0.2) is 11.6 Å². The molecule has 1 aliphatic heterocycles. The number of rotatable bonds is 5. The molecule has 0 aromatic heterocycles.